The van der Waals surface area contributed by atoms with Crippen LogP contribution in [0.1, 0.15) is 0 Å². The van der Waals surface area contributed by atoms with Crippen molar-refractivity contribution in [3.63, 3.8) is 0 Å². The molecule has 3 rings (SSSR count). The number of hydrogen-bond acceptors (Lipinski definition) is 4. The summed E-state index contributed by atoms with van der Waals surface area (Å²) in [5, 5.41) is 0.816. The molecule has 1 atom stereocenters. The number of hydrogen-bond donors (Lipinski definition) is 1. The lowest BCUT2D eigenvalue weighted by Crippen LogP contribution is -2.17. The summed E-state index contributed by atoms with van der Waals surface area (Å²) in [5.74, 6) is -0.0373. The summed E-state index contributed by atoms with van der Waals surface area (Å²) >= 11 is 12.1. The highest BCUT2D eigenvalue weighted by Gasteiger charge is 2.26. The summed E-state index contributed by atoms with van der Waals surface area (Å²) in [6.45, 7) is 0. The fraction of sp³-hybridized carbons (Fsp3) is 0. The SMILES string of the molecule is NC1=Nc2ccc(Cl)cc2S(=O)(c2ccccc2Cl)=N1. The summed E-state index contributed by atoms with van der Waals surface area (Å²) in [4.78, 5) is 4.91. The van der Waals surface area contributed by atoms with Gasteiger partial charge >= 0.3 is 0 Å². The minimum absolute atomic E-state index is 0.0373. The van der Waals surface area contributed by atoms with E-state index in [0.29, 0.717) is 25.5 Å². The van der Waals surface area contributed by atoms with Gasteiger partial charge in [0.15, 0.2) is 0 Å². The molecule has 4 nitrogen and oxygen atoms in total. The molecule has 0 fully saturated rings. The van der Waals surface area contributed by atoms with E-state index in [4.69, 9.17) is 28.9 Å². The summed E-state index contributed by atoms with van der Waals surface area (Å²) < 4.78 is 17.4. The Morgan fingerprint density at radius 3 is 2.55 bits per heavy atom. The first kappa shape index (κ1) is 13.4. The number of aliphatic imine (C=N–C) groups is 1. The van der Waals surface area contributed by atoms with E-state index in [2.05, 4.69) is 9.36 Å². The van der Waals surface area contributed by atoms with Gasteiger partial charge in [0.1, 0.15) is 9.73 Å². The largest absolute Gasteiger partial charge is 0.367 e. The first-order valence-electron chi connectivity index (χ1n) is 5.66. The van der Waals surface area contributed by atoms with Crippen LogP contribution in [0.3, 0.4) is 0 Å². The second kappa shape index (κ2) is 4.77. The molecule has 0 amide bonds. The Morgan fingerprint density at radius 2 is 1.80 bits per heavy atom. The highest BCUT2D eigenvalue weighted by atomic mass is 35.5. The number of nitrogens with two attached hydrogens (primary N) is 1. The van der Waals surface area contributed by atoms with E-state index in [1.807, 2.05) is 0 Å². The third-order valence-corrected chi connectivity index (χ3v) is 5.81. The predicted octanol–water partition coefficient (Wildman–Crippen LogP) is 3.84. The van der Waals surface area contributed by atoms with Crippen LogP contribution < -0.4 is 5.73 Å². The molecule has 0 saturated heterocycles. The van der Waals surface area contributed by atoms with Crippen LogP contribution in [0.25, 0.3) is 0 Å². The number of benzene rings is 2. The van der Waals surface area contributed by atoms with Crippen LogP contribution in [0.2, 0.25) is 10.0 Å². The highest BCUT2D eigenvalue weighted by Crippen LogP contribution is 2.38. The summed E-state index contributed by atoms with van der Waals surface area (Å²) in [7, 11) is -2.98. The summed E-state index contributed by atoms with van der Waals surface area (Å²) in [6.07, 6.45) is 0. The Morgan fingerprint density at radius 1 is 1.05 bits per heavy atom. The van der Waals surface area contributed by atoms with Crippen molar-refractivity contribution in [2.24, 2.45) is 15.1 Å². The van der Waals surface area contributed by atoms with E-state index in [-0.39, 0.29) is 5.96 Å². The van der Waals surface area contributed by atoms with Crippen molar-refractivity contribution < 1.29 is 4.21 Å². The van der Waals surface area contributed by atoms with Crippen molar-refractivity contribution in [3.05, 3.63) is 52.5 Å². The van der Waals surface area contributed by atoms with Crippen molar-refractivity contribution in [2.75, 3.05) is 0 Å². The zero-order valence-corrected chi connectivity index (χ0v) is 12.4. The average Bonchev–Trinajstić information content (AvgIpc) is 2.40. The second-order valence-corrected chi connectivity index (χ2v) is 7.09. The first-order chi connectivity index (χ1) is 9.50. The maximum atomic E-state index is 13.3. The molecule has 102 valence electrons. The monoisotopic (exact) mass is 325 g/mol. The smallest absolute Gasteiger partial charge is 0.229 e. The molecule has 0 aromatic heterocycles. The lowest BCUT2D eigenvalue weighted by molar-refractivity contribution is 0.676. The fourth-order valence-corrected chi connectivity index (χ4v) is 4.67. The van der Waals surface area contributed by atoms with Crippen molar-refractivity contribution in [1.29, 1.82) is 0 Å². The highest BCUT2D eigenvalue weighted by molar-refractivity contribution is 7.94. The summed E-state index contributed by atoms with van der Waals surface area (Å²) in [6, 6.07) is 11.7. The number of nitrogens with zero attached hydrogens (tertiary/aromatic N) is 2. The quantitative estimate of drug-likeness (QED) is 0.865. The van der Waals surface area contributed by atoms with E-state index in [1.54, 1.807) is 42.5 Å². The van der Waals surface area contributed by atoms with Gasteiger partial charge in [-0.1, -0.05) is 35.3 Å². The van der Waals surface area contributed by atoms with E-state index in [9.17, 15) is 4.21 Å². The van der Waals surface area contributed by atoms with Gasteiger partial charge in [-0.3, -0.25) is 0 Å². The maximum absolute atomic E-state index is 13.3. The third-order valence-electron chi connectivity index (χ3n) is 2.81. The molecule has 1 aliphatic heterocycles. The van der Waals surface area contributed by atoms with E-state index >= 15 is 0 Å². The molecule has 7 heteroatoms. The Hall–Kier alpha value is -1.56. The molecule has 0 saturated carbocycles. The molecule has 0 aliphatic carbocycles. The van der Waals surface area contributed by atoms with Gasteiger partial charge in [0.25, 0.3) is 0 Å². The minimum atomic E-state index is -2.98. The Kier molecular flexibility index (Phi) is 3.20. The van der Waals surface area contributed by atoms with Gasteiger partial charge in [-0.2, -0.15) is 4.36 Å². The molecule has 1 aliphatic rings. The van der Waals surface area contributed by atoms with E-state index in [0.717, 1.165) is 0 Å². The van der Waals surface area contributed by atoms with Crippen molar-refractivity contribution >= 4 is 44.6 Å². The Labute approximate surface area is 126 Å². The molecule has 1 heterocycles. The average molecular weight is 326 g/mol. The maximum Gasteiger partial charge on any atom is 0.229 e. The van der Waals surface area contributed by atoms with Crippen LogP contribution in [0.4, 0.5) is 5.69 Å². The number of rotatable bonds is 1. The minimum Gasteiger partial charge on any atom is -0.367 e. The number of halogens is 2. The van der Waals surface area contributed by atoms with Crippen LogP contribution in [0, 0.1) is 0 Å². The van der Waals surface area contributed by atoms with Crippen LogP contribution in [-0.2, 0) is 9.73 Å². The molecule has 1 unspecified atom stereocenters. The normalized spacial score (nSPS) is 20.8. The van der Waals surface area contributed by atoms with Crippen molar-refractivity contribution in [1.82, 2.24) is 0 Å². The molecule has 0 spiro atoms. The Bertz CT molecular complexity index is 854. The van der Waals surface area contributed by atoms with E-state index in [1.165, 1.54) is 0 Å². The van der Waals surface area contributed by atoms with Crippen LogP contribution in [0.15, 0.2) is 61.6 Å². The molecule has 0 radical (unpaired) electrons. The zero-order valence-electron chi connectivity index (χ0n) is 10.1. The standard InChI is InChI=1S/C13H9Cl2N3OS/c14-8-5-6-10-12(7-8)20(19,18-13(16)17-10)11-4-2-1-3-9(11)15/h1-7H,(H2,16,17,18,19). The molecule has 2 aromatic rings. The fourth-order valence-electron chi connectivity index (χ4n) is 1.96. The van der Waals surface area contributed by atoms with Gasteiger partial charge in [-0.15, -0.1) is 0 Å². The molecule has 20 heavy (non-hydrogen) atoms. The molecule has 2 aromatic carbocycles. The zero-order chi connectivity index (χ0) is 14.3. The lowest BCUT2D eigenvalue weighted by Gasteiger charge is -2.17. The van der Waals surface area contributed by atoms with Gasteiger partial charge < -0.3 is 5.73 Å². The lowest BCUT2D eigenvalue weighted by atomic mass is 10.3. The van der Waals surface area contributed by atoms with Gasteiger partial charge in [-0.25, -0.2) is 9.20 Å². The van der Waals surface area contributed by atoms with Gasteiger partial charge in [0, 0.05) is 5.02 Å². The number of fused-ring (bicyclic) bond motifs is 1. The van der Waals surface area contributed by atoms with Gasteiger partial charge in [-0.05, 0) is 30.3 Å². The Balaban J connectivity index is 2.40. The van der Waals surface area contributed by atoms with Gasteiger partial charge in [0.05, 0.1) is 20.5 Å². The second-order valence-electron chi connectivity index (χ2n) is 4.13. The first-order valence-corrected chi connectivity index (χ1v) is 7.93. The molecular formula is C13H9Cl2N3OS. The van der Waals surface area contributed by atoms with Crippen LogP contribution in [0.5, 0.6) is 0 Å². The third kappa shape index (κ3) is 2.08. The number of guanidine groups is 1. The van der Waals surface area contributed by atoms with Crippen LogP contribution in [-0.4, -0.2) is 10.2 Å². The molecule has 0 bridgehead atoms. The molecule has 2 N–H and O–H groups in total. The van der Waals surface area contributed by atoms with E-state index < -0.39 is 9.73 Å². The summed E-state index contributed by atoms with van der Waals surface area (Å²) in [5.41, 5.74) is 6.17. The van der Waals surface area contributed by atoms with Gasteiger partial charge in [0.2, 0.25) is 5.96 Å². The molecular weight excluding hydrogens is 317 g/mol. The topological polar surface area (TPSA) is 67.8 Å². The predicted molar refractivity (Wildman–Crippen MR) is 81.3 cm³/mol. The van der Waals surface area contributed by atoms with Crippen LogP contribution >= 0.6 is 23.2 Å². The van der Waals surface area contributed by atoms with Crippen molar-refractivity contribution in [3.8, 4) is 0 Å². The van der Waals surface area contributed by atoms with Crippen molar-refractivity contribution in [2.45, 2.75) is 9.79 Å².